The molecule has 7 heteroatoms. The first kappa shape index (κ1) is 16.1. The van der Waals surface area contributed by atoms with Crippen LogP contribution in [-0.2, 0) is 0 Å². The Hall–Kier alpha value is -2.28. The number of carbonyl (C=O) groups excluding carboxylic acids is 1. The second-order valence-corrected chi connectivity index (χ2v) is 5.42. The average molecular weight is 368 g/mol. The lowest BCUT2D eigenvalue weighted by Gasteiger charge is -2.14. The van der Waals surface area contributed by atoms with Crippen molar-refractivity contribution >= 4 is 27.4 Å². The Kier molecular flexibility index (Phi) is 4.87. The molecule has 1 atom stereocenters. The SMILES string of the molecule is C[C@@H](Oc1cc(F)ccc1[N+](=O)[O-])C(=O)c1ccc(Br)cc1. The number of nitrogens with zero attached hydrogens (tertiary/aromatic N) is 1. The molecule has 0 N–H and O–H groups in total. The Balaban J connectivity index is 2.23. The van der Waals surface area contributed by atoms with E-state index in [1.54, 1.807) is 24.3 Å². The summed E-state index contributed by atoms with van der Waals surface area (Å²) in [6.45, 7) is 1.46. The van der Waals surface area contributed by atoms with Crippen LogP contribution in [0.5, 0.6) is 5.75 Å². The number of rotatable bonds is 5. The van der Waals surface area contributed by atoms with Crippen LogP contribution < -0.4 is 4.74 Å². The minimum absolute atomic E-state index is 0.275. The van der Waals surface area contributed by atoms with E-state index in [0.29, 0.717) is 5.56 Å². The molecule has 0 unspecified atom stereocenters. The highest BCUT2D eigenvalue weighted by Crippen LogP contribution is 2.29. The number of nitro benzene ring substituents is 1. The van der Waals surface area contributed by atoms with Crippen molar-refractivity contribution in [1.29, 1.82) is 0 Å². The van der Waals surface area contributed by atoms with Crippen LogP contribution in [0.25, 0.3) is 0 Å². The van der Waals surface area contributed by atoms with Crippen LogP contribution in [0.1, 0.15) is 17.3 Å². The summed E-state index contributed by atoms with van der Waals surface area (Å²) in [5.41, 5.74) is 0.00612. The Labute approximate surface area is 134 Å². The van der Waals surface area contributed by atoms with Crippen molar-refractivity contribution < 1.29 is 18.8 Å². The largest absolute Gasteiger partial charge is 0.475 e. The average Bonchev–Trinajstić information content (AvgIpc) is 2.47. The molecule has 0 fully saturated rings. The van der Waals surface area contributed by atoms with Gasteiger partial charge in [-0.3, -0.25) is 14.9 Å². The lowest BCUT2D eigenvalue weighted by molar-refractivity contribution is -0.386. The highest BCUT2D eigenvalue weighted by molar-refractivity contribution is 9.10. The Morgan fingerprint density at radius 2 is 1.91 bits per heavy atom. The van der Waals surface area contributed by atoms with E-state index in [2.05, 4.69) is 15.9 Å². The smallest absolute Gasteiger partial charge is 0.311 e. The first-order valence-electron chi connectivity index (χ1n) is 6.29. The van der Waals surface area contributed by atoms with E-state index < -0.39 is 22.5 Å². The van der Waals surface area contributed by atoms with Gasteiger partial charge in [0.2, 0.25) is 11.5 Å². The van der Waals surface area contributed by atoms with E-state index in [-0.39, 0.29) is 11.5 Å². The molecule has 0 aliphatic rings. The highest BCUT2D eigenvalue weighted by Gasteiger charge is 2.22. The third-order valence-corrected chi connectivity index (χ3v) is 3.45. The summed E-state index contributed by atoms with van der Waals surface area (Å²) in [6.07, 6.45) is -0.985. The molecule has 2 aromatic rings. The fourth-order valence-corrected chi connectivity index (χ4v) is 2.09. The van der Waals surface area contributed by atoms with Gasteiger partial charge >= 0.3 is 5.69 Å². The van der Waals surface area contributed by atoms with Gasteiger partial charge < -0.3 is 4.74 Å². The minimum atomic E-state index is -0.985. The van der Waals surface area contributed by atoms with E-state index in [0.717, 1.165) is 22.7 Å². The number of halogens is 2. The summed E-state index contributed by atoms with van der Waals surface area (Å²) in [5.74, 6) is -1.31. The number of nitro groups is 1. The van der Waals surface area contributed by atoms with Crippen LogP contribution in [0.3, 0.4) is 0 Å². The Bertz CT molecular complexity index is 718. The maximum Gasteiger partial charge on any atom is 0.311 e. The van der Waals surface area contributed by atoms with Crippen molar-refractivity contribution in [1.82, 2.24) is 0 Å². The number of benzene rings is 2. The first-order chi connectivity index (χ1) is 10.4. The molecule has 0 saturated heterocycles. The predicted octanol–water partition coefficient (Wildman–Crippen LogP) is 4.15. The summed E-state index contributed by atoms with van der Waals surface area (Å²) in [5, 5.41) is 10.9. The lowest BCUT2D eigenvalue weighted by Crippen LogP contribution is -2.24. The topological polar surface area (TPSA) is 69.4 Å². The van der Waals surface area contributed by atoms with Gasteiger partial charge in [0.05, 0.1) is 4.92 Å². The monoisotopic (exact) mass is 367 g/mol. The molecule has 0 bridgehead atoms. The predicted molar refractivity (Wildman–Crippen MR) is 81.6 cm³/mol. The van der Waals surface area contributed by atoms with E-state index in [1.165, 1.54) is 6.92 Å². The molecular formula is C15H11BrFNO4. The molecule has 0 amide bonds. The molecule has 5 nitrogen and oxygen atoms in total. The van der Waals surface area contributed by atoms with E-state index in [9.17, 15) is 19.3 Å². The number of hydrogen-bond donors (Lipinski definition) is 0. The molecule has 0 radical (unpaired) electrons. The molecule has 0 aliphatic carbocycles. The maximum atomic E-state index is 13.2. The molecule has 22 heavy (non-hydrogen) atoms. The van der Waals surface area contributed by atoms with E-state index >= 15 is 0 Å². The van der Waals surface area contributed by atoms with Crippen LogP contribution in [0.2, 0.25) is 0 Å². The summed E-state index contributed by atoms with van der Waals surface area (Å²) < 4.78 is 19.3. The highest BCUT2D eigenvalue weighted by atomic mass is 79.9. The van der Waals surface area contributed by atoms with Crippen molar-refractivity contribution in [2.45, 2.75) is 13.0 Å². The van der Waals surface area contributed by atoms with Crippen molar-refractivity contribution in [3.05, 3.63) is 68.4 Å². The van der Waals surface area contributed by atoms with Gasteiger partial charge in [0, 0.05) is 22.2 Å². The third kappa shape index (κ3) is 3.67. The standard InChI is InChI=1S/C15H11BrFNO4/c1-9(15(19)10-2-4-11(16)5-3-10)22-14-8-12(17)6-7-13(14)18(20)21/h2-9H,1H3/t9-/m1/s1. The number of carbonyl (C=O) groups is 1. The molecule has 0 saturated carbocycles. The quantitative estimate of drug-likeness (QED) is 0.452. The van der Waals surface area contributed by atoms with Gasteiger partial charge in [-0.1, -0.05) is 28.1 Å². The molecule has 114 valence electrons. The summed E-state index contributed by atoms with van der Waals surface area (Å²) in [6, 6.07) is 9.46. The summed E-state index contributed by atoms with van der Waals surface area (Å²) in [4.78, 5) is 22.4. The normalized spacial score (nSPS) is 11.8. The summed E-state index contributed by atoms with van der Waals surface area (Å²) >= 11 is 3.26. The van der Waals surface area contributed by atoms with Crippen molar-refractivity contribution in [2.75, 3.05) is 0 Å². The van der Waals surface area contributed by atoms with Gasteiger partial charge in [0.1, 0.15) is 5.82 Å². The lowest BCUT2D eigenvalue weighted by atomic mass is 10.1. The zero-order valence-corrected chi connectivity index (χ0v) is 13.0. The molecule has 0 aliphatic heterocycles. The van der Waals surface area contributed by atoms with Gasteiger partial charge in [-0.25, -0.2) is 4.39 Å². The van der Waals surface area contributed by atoms with Crippen molar-refractivity contribution in [2.24, 2.45) is 0 Å². The zero-order chi connectivity index (χ0) is 16.3. The molecule has 0 heterocycles. The molecule has 0 spiro atoms. The second kappa shape index (κ2) is 6.65. The zero-order valence-electron chi connectivity index (χ0n) is 11.5. The van der Waals surface area contributed by atoms with Crippen LogP contribution in [0.4, 0.5) is 10.1 Å². The fraction of sp³-hybridized carbons (Fsp3) is 0.133. The van der Waals surface area contributed by atoms with Crippen molar-refractivity contribution in [3.8, 4) is 5.75 Å². The van der Waals surface area contributed by atoms with Crippen LogP contribution in [-0.4, -0.2) is 16.8 Å². The van der Waals surface area contributed by atoms with Crippen LogP contribution >= 0.6 is 15.9 Å². The second-order valence-electron chi connectivity index (χ2n) is 4.50. The van der Waals surface area contributed by atoms with Gasteiger partial charge in [0.25, 0.3) is 0 Å². The van der Waals surface area contributed by atoms with E-state index in [1.807, 2.05) is 0 Å². The van der Waals surface area contributed by atoms with Gasteiger partial charge in [-0.15, -0.1) is 0 Å². The number of hydrogen-bond acceptors (Lipinski definition) is 4. The molecule has 2 aromatic carbocycles. The number of ketones is 1. The minimum Gasteiger partial charge on any atom is -0.475 e. The van der Waals surface area contributed by atoms with Gasteiger partial charge in [0.15, 0.2) is 6.10 Å². The summed E-state index contributed by atoms with van der Waals surface area (Å²) in [7, 11) is 0. The van der Waals surface area contributed by atoms with E-state index in [4.69, 9.17) is 4.74 Å². The molecule has 0 aromatic heterocycles. The van der Waals surface area contributed by atoms with Crippen molar-refractivity contribution in [3.63, 3.8) is 0 Å². The first-order valence-corrected chi connectivity index (χ1v) is 7.08. The number of Topliss-reactive ketones (excluding diaryl/α,β-unsaturated/α-hetero) is 1. The fourth-order valence-electron chi connectivity index (χ4n) is 1.83. The number of ether oxygens (including phenoxy) is 1. The molecule has 2 rings (SSSR count). The molecular weight excluding hydrogens is 357 g/mol. The van der Waals surface area contributed by atoms with Gasteiger partial charge in [-0.2, -0.15) is 0 Å². The maximum absolute atomic E-state index is 13.2. The third-order valence-electron chi connectivity index (χ3n) is 2.92. The van der Waals surface area contributed by atoms with Crippen LogP contribution in [0, 0.1) is 15.9 Å². The van der Waals surface area contributed by atoms with Crippen LogP contribution in [0.15, 0.2) is 46.9 Å². The Morgan fingerprint density at radius 1 is 1.27 bits per heavy atom. The Morgan fingerprint density at radius 3 is 2.50 bits per heavy atom. The van der Waals surface area contributed by atoms with Gasteiger partial charge in [-0.05, 0) is 25.1 Å².